The van der Waals surface area contributed by atoms with Crippen LogP contribution >= 0.6 is 7.82 Å². The highest BCUT2D eigenvalue weighted by molar-refractivity contribution is 7.47. The lowest BCUT2D eigenvalue weighted by Gasteiger charge is -2.19. The van der Waals surface area contributed by atoms with Crippen molar-refractivity contribution in [2.45, 2.75) is 174 Å². The summed E-state index contributed by atoms with van der Waals surface area (Å²) in [5.41, 5.74) is 5.35. The fourth-order valence-corrected chi connectivity index (χ4v) is 6.56. The van der Waals surface area contributed by atoms with Gasteiger partial charge < -0.3 is 20.1 Å². The Morgan fingerprint density at radius 2 is 0.873 bits per heavy atom. The largest absolute Gasteiger partial charge is 0.472 e. The molecule has 0 fully saturated rings. The van der Waals surface area contributed by atoms with Crippen molar-refractivity contribution >= 4 is 19.8 Å². The van der Waals surface area contributed by atoms with E-state index in [1.165, 1.54) is 25.7 Å². The molecule has 2 unspecified atom stereocenters. The van der Waals surface area contributed by atoms with E-state index in [1.54, 1.807) is 0 Å². The van der Waals surface area contributed by atoms with Crippen molar-refractivity contribution in [3.05, 3.63) is 122 Å². The second kappa shape index (κ2) is 47.9. The molecule has 0 amide bonds. The van der Waals surface area contributed by atoms with Crippen LogP contribution in [0.3, 0.4) is 0 Å². The predicted octanol–water partition coefficient (Wildman–Crippen LogP) is 14.5. The number of phosphoric acid groups is 1. The monoisotopic (exact) mass is 896 g/mol. The third-order valence-corrected chi connectivity index (χ3v) is 10.3. The van der Waals surface area contributed by atoms with Crippen LogP contribution in [-0.4, -0.2) is 49.3 Å². The minimum Gasteiger partial charge on any atom is -0.462 e. The molecule has 0 heterocycles. The summed E-state index contributed by atoms with van der Waals surface area (Å²) >= 11 is 0. The maximum atomic E-state index is 12.6. The van der Waals surface area contributed by atoms with Crippen LogP contribution in [-0.2, 0) is 32.7 Å². The maximum absolute atomic E-state index is 12.6. The van der Waals surface area contributed by atoms with E-state index in [2.05, 4.69) is 135 Å². The minimum atomic E-state index is -4.41. The van der Waals surface area contributed by atoms with E-state index in [-0.39, 0.29) is 32.6 Å². The molecule has 0 aliphatic heterocycles. The van der Waals surface area contributed by atoms with Crippen LogP contribution < -0.4 is 5.73 Å². The lowest BCUT2D eigenvalue weighted by atomic mass is 10.1. The van der Waals surface area contributed by atoms with Crippen molar-refractivity contribution < 1.29 is 37.6 Å². The predicted molar refractivity (Wildman–Crippen MR) is 265 cm³/mol. The van der Waals surface area contributed by atoms with Crippen molar-refractivity contribution in [1.82, 2.24) is 0 Å². The first-order chi connectivity index (χ1) is 30.8. The first-order valence-corrected chi connectivity index (χ1v) is 25.5. The Kier molecular flexibility index (Phi) is 45.2. The SMILES string of the molecule is CC/C=C\C/C=C\C/C=C\C/C=C\C/C=C\C/C=C\C/C=C\C/C=C\CCCCC(=O)OC(COC(=O)CCCCCCC/C=C\C/C=C\CCCCC)COP(=O)(O)OCCN. The summed E-state index contributed by atoms with van der Waals surface area (Å²) < 4.78 is 32.8. The number of hydrogen-bond acceptors (Lipinski definition) is 8. The number of hydrogen-bond donors (Lipinski definition) is 2. The number of esters is 2. The summed E-state index contributed by atoms with van der Waals surface area (Å²) in [6.07, 6.45) is 65.2. The Labute approximate surface area is 383 Å². The highest BCUT2D eigenvalue weighted by atomic mass is 31.2. The van der Waals surface area contributed by atoms with Crippen molar-refractivity contribution in [3.8, 4) is 0 Å². The molecule has 63 heavy (non-hydrogen) atoms. The number of carbonyl (C=O) groups excluding carboxylic acids is 2. The maximum Gasteiger partial charge on any atom is 0.472 e. The molecule has 9 nitrogen and oxygen atoms in total. The number of carbonyl (C=O) groups is 2. The molecular formula is C53H86NO8P. The third-order valence-electron chi connectivity index (χ3n) is 9.33. The number of ether oxygens (including phenoxy) is 2. The molecule has 0 radical (unpaired) electrons. The van der Waals surface area contributed by atoms with Gasteiger partial charge in [0.05, 0.1) is 13.2 Å². The average Bonchev–Trinajstić information content (AvgIpc) is 3.27. The third kappa shape index (κ3) is 47.7. The molecule has 0 saturated carbocycles. The van der Waals surface area contributed by atoms with Crippen molar-refractivity contribution in [3.63, 3.8) is 0 Å². The number of rotatable bonds is 43. The zero-order valence-corrected chi connectivity index (χ0v) is 40.1. The summed E-state index contributed by atoms with van der Waals surface area (Å²) in [6, 6.07) is 0. The van der Waals surface area contributed by atoms with Crippen molar-refractivity contribution in [2.24, 2.45) is 5.73 Å². The number of nitrogens with two attached hydrogens (primary N) is 1. The van der Waals surface area contributed by atoms with E-state index in [4.69, 9.17) is 24.3 Å². The first-order valence-electron chi connectivity index (χ1n) is 24.0. The molecule has 0 aromatic carbocycles. The molecule has 0 aliphatic carbocycles. The van der Waals surface area contributed by atoms with Gasteiger partial charge in [0.15, 0.2) is 6.10 Å². The number of phosphoric ester groups is 1. The number of unbranched alkanes of at least 4 members (excludes halogenated alkanes) is 10. The fourth-order valence-electron chi connectivity index (χ4n) is 5.80. The van der Waals surface area contributed by atoms with Gasteiger partial charge in [-0.05, 0) is 109 Å². The van der Waals surface area contributed by atoms with Crippen LogP contribution in [0.4, 0.5) is 0 Å². The summed E-state index contributed by atoms with van der Waals surface area (Å²) in [6.45, 7) is 3.50. The first kappa shape index (κ1) is 59.4. The Balaban J connectivity index is 4.24. The topological polar surface area (TPSA) is 134 Å². The van der Waals surface area contributed by atoms with E-state index in [0.29, 0.717) is 12.8 Å². The van der Waals surface area contributed by atoms with Gasteiger partial charge in [0.2, 0.25) is 0 Å². The second-order valence-corrected chi connectivity index (χ2v) is 16.7. The molecular weight excluding hydrogens is 810 g/mol. The molecule has 0 aromatic rings. The van der Waals surface area contributed by atoms with Crippen LogP contribution in [0.15, 0.2) is 122 Å². The molecule has 0 rings (SSSR count). The Morgan fingerprint density at radius 3 is 1.33 bits per heavy atom. The smallest absolute Gasteiger partial charge is 0.462 e. The normalized spacial score (nSPS) is 14.3. The molecule has 0 saturated heterocycles. The van der Waals surface area contributed by atoms with Crippen molar-refractivity contribution in [2.75, 3.05) is 26.4 Å². The highest BCUT2D eigenvalue weighted by Crippen LogP contribution is 2.43. The lowest BCUT2D eigenvalue weighted by Crippen LogP contribution is -2.29. The summed E-state index contributed by atoms with van der Waals surface area (Å²) in [5.74, 6) is -0.908. The van der Waals surface area contributed by atoms with E-state index in [9.17, 15) is 19.0 Å². The average molecular weight is 896 g/mol. The molecule has 2 atom stereocenters. The highest BCUT2D eigenvalue weighted by Gasteiger charge is 2.26. The fraction of sp³-hybridized carbons (Fsp3) is 0.585. The van der Waals surface area contributed by atoms with Crippen LogP contribution in [0.2, 0.25) is 0 Å². The molecule has 0 bridgehead atoms. The van der Waals surface area contributed by atoms with Crippen LogP contribution in [0.5, 0.6) is 0 Å². The van der Waals surface area contributed by atoms with Crippen LogP contribution in [0.1, 0.15) is 168 Å². The van der Waals surface area contributed by atoms with E-state index < -0.39 is 32.5 Å². The molecule has 0 aromatic heterocycles. The van der Waals surface area contributed by atoms with Crippen molar-refractivity contribution in [1.29, 1.82) is 0 Å². The van der Waals surface area contributed by atoms with Gasteiger partial charge in [-0.25, -0.2) is 4.57 Å². The van der Waals surface area contributed by atoms with Gasteiger partial charge in [-0.1, -0.05) is 167 Å². The van der Waals surface area contributed by atoms with Crippen LogP contribution in [0.25, 0.3) is 0 Å². The van der Waals surface area contributed by atoms with E-state index >= 15 is 0 Å². The molecule has 10 heteroatoms. The Bertz CT molecular complexity index is 1440. The second-order valence-electron chi connectivity index (χ2n) is 15.2. The van der Waals surface area contributed by atoms with Gasteiger partial charge in [-0.2, -0.15) is 0 Å². The van der Waals surface area contributed by atoms with E-state index in [0.717, 1.165) is 103 Å². The number of allylic oxidation sites excluding steroid dienone is 20. The molecule has 0 spiro atoms. The van der Waals surface area contributed by atoms with E-state index in [1.807, 2.05) is 0 Å². The quantitative estimate of drug-likeness (QED) is 0.0265. The summed E-state index contributed by atoms with van der Waals surface area (Å²) in [5, 5.41) is 0. The zero-order valence-electron chi connectivity index (χ0n) is 39.3. The molecule has 0 aliphatic rings. The minimum absolute atomic E-state index is 0.0368. The van der Waals surface area contributed by atoms with Gasteiger partial charge in [0, 0.05) is 19.4 Å². The van der Waals surface area contributed by atoms with Gasteiger partial charge in [-0.15, -0.1) is 0 Å². The van der Waals surface area contributed by atoms with Gasteiger partial charge >= 0.3 is 19.8 Å². The zero-order chi connectivity index (χ0) is 46.0. The molecule has 3 N–H and O–H groups in total. The Hall–Kier alpha value is -3.59. The molecule has 356 valence electrons. The summed E-state index contributed by atoms with van der Waals surface area (Å²) in [7, 11) is -4.41. The standard InChI is InChI=1S/C53H86NO8P/c1-3-5-7-9-11-13-15-17-19-20-21-22-23-24-25-26-27-28-29-30-32-34-36-38-40-42-44-46-53(56)62-51(50-61-63(57,58)60-48-47-54)49-59-52(55)45-43-41-39-37-35-33-31-18-16-14-12-10-8-6-4-2/h5,7,11-14,17-19,21-22,24-25,27-28,30-32,36,38,51H,3-4,6,8-10,15-16,20,23,26,29,33-35,37,39-50,54H2,1-2H3,(H,57,58)/b7-5-,13-11-,14-12-,19-17-,22-21-,25-24-,28-27-,31-18-,32-30-,38-36-. The Morgan fingerprint density at radius 1 is 0.492 bits per heavy atom. The lowest BCUT2D eigenvalue weighted by molar-refractivity contribution is -0.161. The van der Waals surface area contributed by atoms with Crippen LogP contribution in [0, 0.1) is 0 Å². The van der Waals surface area contributed by atoms with Gasteiger partial charge in [-0.3, -0.25) is 18.6 Å². The van der Waals surface area contributed by atoms with Gasteiger partial charge in [0.25, 0.3) is 0 Å². The summed E-state index contributed by atoms with van der Waals surface area (Å²) in [4.78, 5) is 34.9. The van der Waals surface area contributed by atoms with Gasteiger partial charge in [0.1, 0.15) is 6.61 Å².